The van der Waals surface area contributed by atoms with Gasteiger partial charge in [0.05, 0.1) is 5.56 Å². The van der Waals surface area contributed by atoms with E-state index in [-0.39, 0.29) is 18.2 Å². The van der Waals surface area contributed by atoms with Gasteiger partial charge in [-0.2, -0.15) is 0 Å². The van der Waals surface area contributed by atoms with Crippen molar-refractivity contribution in [3.05, 3.63) is 23.0 Å². The molecule has 0 unspecified atom stereocenters. The predicted molar refractivity (Wildman–Crippen MR) is 109 cm³/mol. The zero-order valence-electron chi connectivity index (χ0n) is 17.6. The zero-order valence-corrected chi connectivity index (χ0v) is 17.6. The molecule has 0 spiro atoms. The largest absolute Gasteiger partial charge is 0.481 e. The summed E-state index contributed by atoms with van der Waals surface area (Å²) in [5.74, 6) is -0.462. The van der Waals surface area contributed by atoms with Gasteiger partial charge < -0.3 is 19.5 Å². The Bertz CT molecular complexity index is 721. The Labute approximate surface area is 167 Å². The standard InChI is InChI=1S/C21H34N4O3/c1-15-13-18(16(2)23(15)4)21(28)25-8-7-19(17(14-25)5-6-20(26)27)24-11-9-22(3)10-12-24/h13,17,19H,5-12,14H2,1-4H3,(H,26,27)/t17-,19+/m1/s1. The molecule has 0 bridgehead atoms. The summed E-state index contributed by atoms with van der Waals surface area (Å²) in [7, 11) is 4.13. The third-order valence-corrected chi connectivity index (χ3v) is 6.72. The minimum atomic E-state index is -0.755. The number of aromatic nitrogens is 1. The average molecular weight is 391 g/mol. The van der Waals surface area contributed by atoms with Crippen LogP contribution in [0.1, 0.15) is 41.0 Å². The first kappa shape index (κ1) is 20.9. The van der Waals surface area contributed by atoms with Gasteiger partial charge in [0.2, 0.25) is 0 Å². The number of carbonyl (C=O) groups excluding carboxylic acids is 1. The molecule has 2 aliphatic rings. The van der Waals surface area contributed by atoms with Crippen LogP contribution in [-0.4, -0.2) is 88.6 Å². The number of piperidine rings is 1. The Morgan fingerprint density at radius 3 is 2.36 bits per heavy atom. The van der Waals surface area contributed by atoms with Gasteiger partial charge in [-0.15, -0.1) is 0 Å². The number of amides is 1. The molecular weight excluding hydrogens is 356 g/mol. The lowest BCUT2D eigenvalue weighted by atomic mass is 9.86. The minimum absolute atomic E-state index is 0.0818. The van der Waals surface area contributed by atoms with E-state index >= 15 is 0 Å². The Kier molecular flexibility index (Phi) is 6.45. The molecule has 1 aromatic rings. The van der Waals surface area contributed by atoms with Crippen LogP contribution in [0.4, 0.5) is 0 Å². The third-order valence-electron chi connectivity index (χ3n) is 6.72. The van der Waals surface area contributed by atoms with E-state index in [0.717, 1.165) is 56.1 Å². The summed E-state index contributed by atoms with van der Waals surface area (Å²) in [4.78, 5) is 31.2. The van der Waals surface area contributed by atoms with E-state index in [1.807, 2.05) is 36.4 Å². The van der Waals surface area contributed by atoms with Crippen molar-refractivity contribution in [2.75, 3.05) is 46.3 Å². The number of nitrogens with zero attached hydrogens (tertiary/aromatic N) is 4. The van der Waals surface area contributed by atoms with Crippen LogP contribution >= 0.6 is 0 Å². The molecule has 2 saturated heterocycles. The van der Waals surface area contributed by atoms with Gasteiger partial charge in [0.25, 0.3) is 5.91 Å². The summed E-state index contributed by atoms with van der Waals surface area (Å²) < 4.78 is 2.05. The van der Waals surface area contributed by atoms with Crippen molar-refractivity contribution in [1.29, 1.82) is 0 Å². The molecule has 3 rings (SSSR count). The lowest BCUT2D eigenvalue weighted by Crippen LogP contribution is -2.57. The summed E-state index contributed by atoms with van der Waals surface area (Å²) >= 11 is 0. The van der Waals surface area contributed by atoms with Gasteiger partial charge in [0.15, 0.2) is 0 Å². The number of aryl methyl sites for hydroxylation is 1. The Morgan fingerprint density at radius 2 is 1.79 bits per heavy atom. The smallest absolute Gasteiger partial charge is 0.303 e. The number of piperazine rings is 1. The molecule has 2 fully saturated rings. The molecule has 0 saturated carbocycles. The fourth-order valence-corrected chi connectivity index (χ4v) is 4.67. The molecule has 0 radical (unpaired) electrons. The molecule has 28 heavy (non-hydrogen) atoms. The minimum Gasteiger partial charge on any atom is -0.481 e. The van der Waals surface area contributed by atoms with Crippen LogP contribution in [0.25, 0.3) is 0 Å². The lowest BCUT2D eigenvalue weighted by Gasteiger charge is -2.46. The number of carboxylic acids is 1. The molecular formula is C21H34N4O3. The molecule has 156 valence electrons. The molecule has 0 aliphatic carbocycles. The number of rotatable bonds is 5. The molecule has 3 heterocycles. The second-order valence-corrected chi connectivity index (χ2v) is 8.48. The highest BCUT2D eigenvalue weighted by Gasteiger charge is 2.36. The van der Waals surface area contributed by atoms with Crippen molar-refractivity contribution in [2.24, 2.45) is 13.0 Å². The van der Waals surface area contributed by atoms with Gasteiger partial charge in [-0.1, -0.05) is 0 Å². The van der Waals surface area contributed by atoms with Crippen molar-refractivity contribution in [3.8, 4) is 0 Å². The zero-order chi connectivity index (χ0) is 20.4. The van der Waals surface area contributed by atoms with Crippen molar-refractivity contribution in [1.82, 2.24) is 19.3 Å². The number of carbonyl (C=O) groups is 2. The summed E-state index contributed by atoms with van der Waals surface area (Å²) in [5.41, 5.74) is 2.84. The van der Waals surface area contributed by atoms with E-state index in [0.29, 0.717) is 19.0 Å². The van der Waals surface area contributed by atoms with E-state index in [1.165, 1.54) is 0 Å². The summed E-state index contributed by atoms with van der Waals surface area (Å²) in [6.45, 7) is 9.54. The number of hydrogen-bond acceptors (Lipinski definition) is 4. The second kappa shape index (κ2) is 8.66. The molecule has 2 aliphatic heterocycles. The van der Waals surface area contributed by atoms with Crippen LogP contribution in [0, 0.1) is 19.8 Å². The van der Waals surface area contributed by atoms with Gasteiger partial charge in [-0.25, -0.2) is 0 Å². The van der Waals surface area contributed by atoms with Crippen LogP contribution in [0.15, 0.2) is 6.07 Å². The van der Waals surface area contributed by atoms with E-state index in [9.17, 15) is 14.7 Å². The molecule has 1 N–H and O–H groups in total. The molecule has 1 aromatic heterocycles. The van der Waals surface area contributed by atoms with E-state index in [2.05, 4.69) is 16.8 Å². The Hall–Kier alpha value is -1.86. The number of aliphatic carboxylic acids is 1. The first-order chi connectivity index (χ1) is 13.3. The monoisotopic (exact) mass is 390 g/mol. The quantitative estimate of drug-likeness (QED) is 0.827. The second-order valence-electron chi connectivity index (χ2n) is 8.48. The van der Waals surface area contributed by atoms with Crippen LogP contribution in [0.5, 0.6) is 0 Å². The first-order valence-electron chi connectivity index (χ1n) is 10.3. The Morgan fingerprint density at radius 1 is 1.11 bits per heavy atom. The molecule has 7 heteroatoms. The fourth-order valence-electron chi connectivity index (χ4n) is 4.67. The number of carboxylic acid groups (broad SMARTS) is 1. The van der Waals surface area contributed by atoms with Crippen molar-refractivity contribution < 1.29 is 14.7 Å². The van der Waals surface area contributed by atoms with E-state index < -0.39 is 5.97 Å². The van der Waals surface area contributed by atoms with Crippen molar-refractivity contribution >= 4 is 11.9 Å². The van der Waals surface area contributed by atoms with E-state index in [4.69, 9.17) is 0 Å². The maximum absolute atomic E-state index is 13.2. The molecule has 1 amide bonds. The highest BCUT2D eigenvalue weighted by atomic mass is 16.4. The molecule has 0 aromatic carbocycles. The SMILES string of the molecule is Cc1cc(C(=O)N2CC[C@H](N3CCN(C)CC3)[C@H](CCC(=O)O)C2)c(C)n1C. The lowest BCUT2D eigenvalue weighted by molar-refractivity contribution is -0.137. The topological polar surface area (TPSA) is 69.0 Å². The van der Waals surface area contributed by atoms with Crippen LogP contribution in [0.2, 0.25) is 0 Å². The maximum Gasteiger partial charge on any atom is 0.303 e. The van der Waals surface area contributed by atoms with Gasteiger partial charge in [-0.3, -0.25) is 14.5 Å². The highest BCUT2D eigenvalue weighted by Crippen LogP contribution is 2.29. The fraction of sp³-hybridized carbons (Fsp3) is 0.714. The summed E-state index contributed by atoms with van der Waals surface area (Å²) in [5, 5.41) is 9.19. The van der Waals surface area contributed by atoms with Crippen LogP contribution < -0.4 is 0 Å². The molecule has 2 atom stereocenters. The van der Waals surface area contributed by atoms with Gasteiger partial charge >= 0.3 is 5.97 Å². The van der Waals surface area contributed by atoms with Gasteiger partial charge in [0.1, 0.15) is 0 Å². The Balaban J connectivity index is 1.73. The number of likely N-dealkylation sites (tertiary alicyclic amines) is 1. The molecule has 7 nitrogen and oxygen atoms in total. The highest BCUT2D eigenvalue weighted by molar-refractivity contribution is 5.95. The maximum atomic E-state index is 13.2. The summed E-state index contributed by atoms with van der Waals surface area (Å²) in [6, 6.07) is 2.34. The predicted octanol–water partition coefficient (Wildman–Crippen LogP) is 1.58. The average Bonchev–Trinajstić information content (AvgIpc) is 2.93. The van der Waals surface area contributed by atoms with E-state index in [1.54, 1.807) is 0 Å². The first-order valence-corrected chi connectivity index (χ1v) is 10.3. The van der Waals surface area contributed by atoms with Gasteiger partial charge in [-0.05, 0) is 45.7 Å². The normalized spacial score (nSPS) is 24.5. The van der Waals surface area contributed by atoms with Gasteiger partial charge in [0, 0.05) is 70.2 Å². The van der Waals surface area contributed by atoms with Crippen LogP contribution in [0.3, 0.4) is 0 Å². The van der Waals surface area contributed by atoms with Crippen LogP contribution in [-0.2, 0) is 11.8 Å². The van der Waals surface area contributed by atoms with Crippen molar-refractivity contribution in [2.45, 2.75) is 39.2 Å². The number of hydrogen-bond donors (Lipinski definition) is 1. The summed E-state index contributed by atoms with van der Waals surface area (Å²) in [6.07, 6.45) is 1.72. The third kappa shape index (κ3) is 4.41. The van der Waals surface area contributed by atoms with Crippen molar-refractivity contribution in [3.63, 3.8) is 0 Å². The number of likely N-dealkylation sites (N-methyl/N-ethyl adjacent to an activating group) is 1.